The molecule has 1 fully saturated rings. The predicted octanol–water partition coefficient (Wildman–Crippen LogP) is 0.866. The number of morpholine rings is 1. The zero-order valence-corrected chi connectivity index (χ0v) is 9.08. The van der Waals surface area contributed by atoms with Crippen LogP contribution < -0.4 is 0 Å². The Morgan fingerprint density at radius 3 is 2.62 bits per heavy atom. The summed E-state index contributed by atoms with van der Waals surface area (Å²) in [5.74, 6) is 0. The minimum Gasteiger partial charge on any atom is -0.394 e. The Labute approximate surface area is 80.7 Å². The first kappa shape index (κ1) is 11.0. The van der Waals surface area contributed by atoms with Crippen molar-refractivity contribution in [1.29, 1.82) is 0 Å². The fraction of sp³-hybridized carbons (Fsp3) is 1.00. The summed E-state index contributed by atoms with van der Waals surface area (Å²) in [5, 5.41) is 9.07. The van der Waals surface area contributed by atoms with Crippen LogP contribution in [-0.2, 0) is 4.74 Å². The van der Waals surface area contributed by atoms with Crippen LogP contribution in [0.15, 0.2) is 0 Å². The lowest BCUT2D eigenvalue weighted by molar-refractivity contribution is -0.154. The Bertz CT molecular complexity index is 168. The number of ether oxygens (including phenoxy) is 1. The first-order valence-corrected chi connectivity index (χ1v) is 4.97. The number of rotatable bonds is 2. The molecule has 13 heavy (non-hydrogen) atoms. The van der Waals surface area contributed by atoms with Crippen molar-refractivity contribution in [1.82, 2.24) is 4.90 Å². The van der Waals surface area contributed by atoms with Gasteiger partial charge in [-0.15, -0.1) is 0 Å². The van der Waals surface area contributed by atoms with Crippen molar-refractivity contribution >= 4 is 0 Å². The molecule has 78 valence electrons. The summed E-state index contributed by atoms with van der Waals surface area (Å²) in [6.45, 7) is 10.4. The van der Waals surface area contributed by atoms with Gasteiger partial charge in [0.2, 0.25) is 0 Å². The molecule has 0 aromatic rings. The highest BCUT2D eigenvalue weighted by Crippen LogP contribution is 2.22. The summed E-state index contributed by atoms with van der Waals surface area (Å²) in [6.07, 6.45) is -0.0221. The van der Waals surface area contributed by atoms with E-state index >= 15 is 0 Å². The highest BCUT2D eigenvalue weighted by Gasteiger charge is 2.33. The molecule has 1 N–H and O–H groups in total. The molecule has 0 spiro atoms. The summed E-state index contributed by atoms with van der Waals surface area (Å²) < 4.78 is 5.71. The standard InChI is InChI=1S/C10H21NO2/c1-8(2)11-5-9(6-12)13-10(3,4)7-11/h8-9,12H,5-7H2,1-4H3. The Balaban J connectivity index is 2.60. The van der Waals surface area contributed by atoms with E-state index in [0.29, 0.717) is 6.04 Å². The molecule has 3 nitrogen and oxygen atoms in total. The van der Waals surface area contributed by atoms with Gasteiger partial charge in [-0.1, -0.05) is 0 Å². The van der Waals surface area contributed by atoms with E-state index in [9.17, 15) is 0 Å². The second kappa shape index (κ2) is 3.95. The third-order valence-corrected chi connectivity index (χ3v) is 2.44. The Morgan fingerprint density at radius 1 is 1.54 bits per heavy atom. The molecule has 1 atom stereocenters. The minimum atomic E-state index is -0.129. The minimum absolute atomic E-state index is 0.0221. The molecule has 3 heteroatoms. The summed E-state index contributed by atoms with van der Waals surface area (Å²) >= 11 is 0. The maximum Gasteiger partial charge on any atom is 0.0940 e. The highest BCUT2D eigenvalue weighted by atomic mass is 16.5. The lowest BCUT2D eigenvalue weighted by Gasteiger charge is -2.44. The van der Waals surface area contributed by atoms with E-state index in [2.05, 4.69) is 32.6 Å². The molecule has 0 aliphatic carbocycles. The average molecular weight is 187 g/mol. The number of aliphatic hydroxyl groups is 1. The van der Waals surface area contributed by atoms with Crippen molar-refractivity contribution in [2.24, 2.45) is 0 Å². The Hall–Kier alpha value is -0.120. The van der Waals surface area contributed by atoms with E-state index in [1.54, 1.807) is 0 Å². The first-order valence-electron chi connectivity index (χ1n) is 4.97. The molecule has 0 radical (unpaired) electrons. The van der Waals surface area contributed by atoms with E-state index in [1.807, 2.05) is 0 Å². The lowest BCUT2D eigenvalue weighted by atomic mass is 10.0. The van der Waals surface area contributed by atoms with Crippen molar-refractivity contribution in [3.63, 3.8) is 0 Å². The van der Waals surface area contributed by atoms with Gasteiger partial charge in [0, 0.05) is 19.1 Å². The van der Waals surface area contributed by atoms with Gasteiger partial charge in [-0.25, -0.2) is 0 Å². The summed E-state index contributed by atoms with van der Waals surface area (Å²) in [4.78, 5) is 2.35. The van der Waals surface area contributed by atoms with E-state index in [-0.39, 0.29) is 18.3 Å². The van der Waals surface area contributed by atoms with Crippen LogP contribution in [0.1, 0.15) is 27.7 Å². The zero-order chi connectivity index (χ0) is 10.1. The van der Waals surface area contributed by atoms with Gasteiger partial charge in [0.15, 0.2) is 0 Å². The molecule has 1 aliphatic rings. The fourth-order valence-electron chi connectivity index (χ4n) is 1.83. The molecule has 0 aromatic carbocycles. The Morgan fingerprint density at radius 2 is 2.15 bits per heavy atom. The van der Waals surface area contributed by atoms with Gasteiger partial charge >= 0.3 is 0 Å². The molecule has 1 aliphatic heterocycles. The van der Waals surface area contributed by atoms with Crippen LogP contribution in [0.25, 0.3) is 0 Å². The largest absolute Gasteiger partial charge is 0.394 e. The predicted molar refractivity (Wildman–Crippen MR) is 52.7 cm³/mol. The van der Waals surface area contributed by atoms with E-state index < -0.39 is 0 Å². The van der Waals surface area contributed by atoms with Crippen molar-refractivity contribution in [2.75, 3.05) is 19.7 Å². The number of hydrogen-bond acceptors (Lipinski definition) is 3. The molecular weight excluding hydrogens is 166 g/mol. The SMILES string of the molecule is CC(C)N1CC(CO)OC(C)(C)C1. The molecule has 1 heterocycles. The van der Waals surface area contributed by atoms with Gasteiger partial charge in [0.25, 0.3) is 0 Å². The van der Waals surface area contributed by atoms with E-state index in [4.69, 9.17) is 9.84 Å². The maximum absolute atomic E-state index is 9.07. The molecule has 0 aromatic heterocycles. The topological polar surface area (TPSA) is 32.7 Å². The van der Waals surface area contributed by atoms with Crippen molar-refractivity contribution < 1.29 is 9.84 Å². The fourth-order valence-corrected chi connectivity index (χ4v) is 1.83. The van der Waals surface area contributed by atoms with Crippen LogP contribution in [0.4, 0.5) is 0 Å². The van der Waals surface area contributed by atoms with Gasteiger partial charge in [0.05, 0.1) is 18.3 Å². The molecule has 1 unspecified atom stereocenters. The van der Waals surface area contributed by atoms with Crippen LogP contribution in [0.2, 0.25) is 0 Å². The molecule has 1 rings (SSSR count). The second-order valence-corrected chi connectivity index (χ2v) is 4.71. The monoisotopic (exact) mass is 187 g/mol. The third kappa shape index (κ3) is 2.93. The smallest absolute Gasteiger partial charge is 0.0940 e. The van der Waals surface area contributed by atoms with Gasteiger partial charge < -0.3 is 9.84 Å². The van der Waals surface area contributed by atoms with Crippen molar-refractivity contribution in [3.8, 4) is 0 Å². The first-order chi connectivity index (χ1) is 5.94. The summed E-state index contributed by atoms with van der Waals surface area (Å²) in [5.41, 5.74) is -0.129. The second-order valence-electron chi connectivity index (χ2n) is 4.71. The van der Waals surface area contributed by atoms with Crippen molar-refractivity contribution in [2.45, 2.75) is 45.4 Å². The lowest BCUT2D eigenvalue weighted by Crippen LogP contribution is -2.55. The van der Waals surface area contributed by atoms with E-state index in [0.717, 1.165) is 13.1 Å². The summed E-state index contributed by atoms with van der Waals surface area (Å²) in [6, 6.07) is 0.525. The van der Waals surface area contributed by atoms with Gasteiger partial charge in [0.1, 0.15) is 0 Å². The number of nitrogens with zero attached hydrogens (tertiary/aromatic N) is 1. The maximum atomic E-state index is 9.07. The Kier molecular flexibility index (Phi) is 3.33. The quantitative estimate of drug-likeness (QED) is 0.696. The average Bonchev–Trinajstić information content (AvgIpc) is 2.01. The number of hydrogen-bond donors (Lipinski definition) is 1. The van der Waals surface area contributed by atoms with Crippen LogP contribution in [-0.4, -0.2) is 47.4 Å². The normalized spacial score (nSPS) is 29.5. The van der Waals surface area contributed by atoms with E-state index in [1.165, 1.54) is 0 Å². The van der Waals surface area contributed by atoms with Crippen molar-refractivity contribution in [3.05, 3.63) is 0 Å². The molecule has 0 bridgehead atoms. The number of aliphatic hydroxyl groups excluding tert-OH is 1. The van der Waals surface area contributed by atoms with Crippen LogP contribution in [0.5, 0.6) is 0 Å². The zero-order valence-electron chi connectivity index (χ0n) is 9.08. The van der Waals surface area contributed by atoms with Gasteiger partial charge in [-0.05, 0) is 27.7 Å². The molecule has 1 saturated heterocycles. The van der Waals surface area contributed by atoms with Crippen LogP contribution >= 0.6 is 0 Å². The van der Waals surface area contributed by atoms with Crippen LogP contribution in [0, 0.1) is 0 Å². The molecule has 0 saturated carbocycles. The molecular formula is C10H21NO2. The van der Waals surface area contributed by atoms with Gasteiger partial charge in [-0.3, -0.25) is 4.90 Å². The third-order valence-electron chi connectivity index (χ3n) is 2.44. The highest BCUT2D eigenvalue weighted by molar-refractivity contribution is 4.85. The van der Waals surface area contributed by atoms with Gasteiger partial charge in [-0.2, -0.15) is 0 Å². The van der Waals surface area contributed by atoms with Crippen LogP contribution in [0.3, 0.4) is 0 Å². The molecule has 0 amide bonds. The summed E-state index contributed by atoms with van der Waals surface area (Å²) in [7, 11) is 0.